The molecule has 2 N–H and O–H groups in total. The molecule has 1 saturated carbocycles. The second-order valence-corrected chi connectivity index (χ2v) is 6.12. The van der Waals surface area contributed by atoms with E-state index in [1.165, 1.54) is 0 Å². The van der Waals surface area contributed by atoms with Crippen LogP contribution in [0.2, 0.25) is 0 Å². The van der Waals surface area contributed by atoms with Crippen molar-refractivity contribution in [3.8, 4) is 0 Å². The normalized spacial score (nSPS) is 16.6. The van der Waals surface area contributed by atoms with E-state index in [2.05, 4.69) is 24.1 Å². The van der Waals surface area contributed by atoms with E-state index in [-0.39, 0.29) is 5.91 Å². The Morgan fingerprint density at radius 2 is 1.65 bits per heavy atom. The highest BCUT2D eigenvalue weighted by molar-refractivity contribution is 5.98. The van der Waals surface area contributed by atoms with Gasteiger partial charge in [0, 0.05) is 24.3 Å². The highest BCUT2D eigenvalue weighted by atomic mass is 16.4. The number of nitrogens with one attached hydrogen (secondary N) is 1. The molecule has 5 heteroatoms. The first kappa shape index (κ1) is 17.3. The molecule has 0 unspecified atom stereocenters. The first-order valence-corrected chi connectivity index (χ1v) is 8.43. The van der Waals surface area contributed by atoms with Crippen molar-refractivity contribution >= 4 is 17.6 Å². The maximum atomic E-state index is 12.5. The summed E-state index contributed by atoms with van der Waals surface area (Å²) in [4.78, 5) is 26.3. The summed E-state index contributed by atoms with van der Waals surface area (Å²) in [5, 5.41) is 12.3. The number of hydrogen-bond donors (Lipinski definition) is 2. The van der Waals surface area contributed by atoms with Crippen molar-refractivity contribution in [3.05, 3.63) is 29.8 Å². The van der Waals surface area contributed by atoms with Gasteiger partial charge >= 0.3 is 5.97 Å². The Bertz CT molecular complexity index is 544. The molecule has 1 fully saturated rings. The smallest absolute Gasteiger partial charge is 0.329 e. The van der Waals surface area contributed by atoms with Gasteiger partial charge in [0.2, 0.25) is 0 Å². The van der Waals surface area contributed by atoms with Crippen molar-refractivity contribution < 1.29 is 14.7 Å². The van der Waals surface area contributed by atoms with Crippen LogP contribution in [0.15, 0.2) is 24.3 Å². The fourth-order valence-electron chi connectivity index (χ4n) is 3.25. The van der Waals surface area contributed by atoms with Crippen molar-refractivity contribution in [1.82, 2.24) is 5.32 Å². The van der Waals surface area contributed by atoms with Crippen LogP contribution in [0, 0.1) is 0 Å². The van der Waals surface area contributed by atoms with E-state index in [0.717, 1.165) is 38.0 Å². The molecule has 0 saturated heterocycles. The predicted octanol–water partition coefficient (Wildman–Crippen LogP) is 3.05. The van der Waals surface area contributed by atoms with E-state index >= 15 is 0 Å². The van der Waals surface area contributed by atoms with E-state index in [0.29, 0.717) is 18.4 Å². The molecule has 0 bridgehead atoms. The molecular formula is C18H26N2O3. The zero-order chi connectivity index (χ0) is 16.9. The molecule has 0 heterocycles. The van der Waals surface area contributed by atoms with Gasteiger partial charge in [-0.05, 0) is 51.0 Å². The minimum absolute atomic E-state index is 0.305. The molecular weight excluding hydrogens is 292 g/mol. The van der Waals surface area contributed by atoms with E-state index in [1.807, 2.05) is 12.1 Å². The highest BCUT2D eigenvalue weighted by Gasteiger charge is 2.41. The topological polar surface area (TPSA) is 69.6 Å². The summed E-state index contributed by atoms with van der Waals surface area (Å²) in [6.07, 6.45) is 3.72. The molecule has 1 aliphatic carbocycles. The molecule has 5 nitrogen and oxygen atoms in total. The lowest BCUT2D eigenvalue weighted by atomic mass is 9.81. The van der Waals surface area contributed by atoms with Gasteiger partial charge in [0.25, 0.3) is 5.91 Å². The molecule has 2 rings (SSSR count). The Labute approximate surface area is 137 Å². The molecule has 0 aliphatic heterocycles. The maximum Gasteiger partial charge on any atom is 0.329 e. The summed E-state index contributed by atoms with van der Waals surface area (Å²) in [7, 11) is 0. The zero-order valence-corrected chi connectivity index (χ0v) is 14.0. The predicted molar refractivity (Wildman–Crippen MR) is 90.9 cm³/mol. The first-order valence-electron chi connectivity index (χ1n) is 8.43. The standard InChI is InChI=1S/C18H26N2O3/c1-3-20(4-2)15-10-8-14(9-11-15)16(21)19-18(17(22)23)12-6-5-7-13-18/h8-11H,3-7,12-13H2,1-2H3,(H,19,21)(H,22,23). The summed E-state index contributed by atoms with van der Waals surface area (Å²) in [6.45, 7) is 5.99. The molecule has 1 aliphatic rings. The third-order valence-corrected chi connectivity index (χ3v) is 4.73. The molecule has 0 aromatic heterocycles. The fourth-order valence-corrected chi connectivity index (χ4v) is 3.25. The van der Waals surface area contributed by atoms with Crippen molar-refractivity contribution in [3.63, 3.8) is 0 Å². The van der Waals surface area contributed by atoms with Crippen LogP contribution in [0.25, 0.3) is 0 Å². The number of carboxylic acids is 1. The number of nitrogens with zero attached hydrogens (tertiary/aromatic N) is 1. The summed E-state index contributed by atoms with van der Waals surface area (Å²) < 4.78 is 0. The van der Waals surface area contributed by atoms with E-state index < -0.39 is 11.5 Å². The Morgan fingerprint density at radius 1 is 1.09 bits per heavy atom. The van der Waals surface area contributed by atoms with Crippen LogP contribution in [-0.4, -0.2) is 35.6 Å². The van der Waals surface area contributed by atoms with E-state index in [9.17, 15) is 14.7 Å². The van der Waals surface area contributed by atoms with Gasteiger partial charge in [-0.1, -0.05) is 19.3 Å². The summed E-state index contributed by atoms with van der Waals surface area (Å²) >= 11 is 0. The molecule has 1 amide bonds. The second-order valence-electron chi connectivity index (χ2n) is 6.12. The third-order valence-electron chi connectivity index (χ3n) is 4.73. The molecule has 0 radical (unpaired) electrons. The molecule has 1 aromatic rings. The van der Waals surface area contributed by atoms with Crippen LogP contribution in [-0.2, 0) is 4.79 Å². The van der Waals surface area contributed by atoms with Crippen LogP contribution < -0.4 is 10.2 Å². The summed E-state index contributed by atoms with van der Waals surface area (Å²) in [6, 6.07) is 7.36. The van der Waals surface area contributed by atoms with Crippen LogP contribution >= 0.6 is 0 Å². The van der Waals surface area contributed by atoms with Gasteiger partial charge in [-0.15, -0.1) is 0 Å². The van der Waals surface area contributed by atoms with Crippen LogP contribution in [0.4, 0.5) is 5.69 Å². The molecule has 1 aromatic carbocycles. The van der Waals surface area contributed by atoms with Gasteiger partial charge in [0.1, 0.15) is 5.54 Å². The third kappa shape index (κ3) is 3.84. The lowest BCUT2D eigenvalue weighted by Crippen LogP contribution is -2.55. The monoisotopic (exact) mass is 318 g/mol. The summed E-state index contributed by atoms with van der Waals surface area (Å²) in [5.41, 5.74) is 0.469. The van der Waals surface area contributed by atoms with Gasteiger partial charge in [0.15, 0.2) is 0 Å². The number of aliphatic carboxylic acids is 1. The van der Waals surface area contributed by atoms with Crippen molar-refractivity contribution in [2.75, 3.05) is 18.0 Å². The Balaban J connectivity index is 2.12. The van der Waals surface area contributed by atoms with Gasteiger partial charge in [-0.2, -0.15) is 0 Å². The average Bonchev–Trinajstić information content (AvgIpc) is 2.57. The first-order chi connectivity index (χ1) is 11.0. The molecule has 126 valence electrons. The fraction of sp³-hybridized carbons (Fsp3) is 0.556. The Kier molecular flexibility index (Phi) is 5.64. The van der Waals surface area contributed by atoms with Crippen molar-refractivity contribution in [2.45, 2.75) is 51.5 Å². The number of carbonyl (C=O) groups excluding carboxylic acids is 1. The number of anilines is 1. The quantitative estimate of drug-likeness (QED) is 0.846. The van der Waals surface area contributed by atoms with Crippen molar-refractivity contribution in [2.24, 2.45) is 0 Å². The molecule has 0 atom stereocenters. The van der Waals surface area contributed by atoms with Crippen LogP contribution in [0.1, 0.15) is 56.3 Å². The van der Waals surface area contributed by atoms with Gasteiger partial charge < -0.3 is 15.3 Å². The minimum Gasteiger partial charge on any atom is -0.480 e. The minimum atomic E-state index is -1.10. The van der Waals surface area contributed by atoms with Crippen LogP contribution in [0.3, 0.4) is 0 Å². The number of benzene rings is 1. The number of rotatable bonds is 6. The number of hydrogen-bond acceptors (Lipinski definition) is 3. The highest BCUT2D eigenvalue weighted by Crippen LogP contribution is 2.29. The lowest BCUT2D eigenvalue weighted by molar-refractivity contribution is -0.145. The maximum absolute atomic E-state index is 12.5. The second kappa shape index (κ2) is 7.49. The SMILES string of the molecule is CCN(CC)c1ccc(C(=O)NC2(C(=O)O)CCCCC2)cc1. The van der Waals surface area contributed by atoms with Gasteiger partial charge in [0.05, 0.1) is 0 Å². The zero-order valence-electron chi connectivity index (χ0n) is 14.0. The Hall–Kier alpha value is -2.04. The van der Waals surface area contributed by atoms with E-state index in [4.69, 9.17) is 0 Å². The average molecular weight is 318 g/mol. The van der Waals surface area contributed by atoms with Gasteiger partial charge in [-0.3, -0.25) is 4.79 Å². The van der Waals surface area contributed by atoms with Crippen LogP contribution in [0.5, 0.6) is 0 Å². The number of carbonyl (C=O) groups is 2. The van der Waals surface area contributed by atoms with E-state index in [1.54, 1.807) is 12.1 Å². The lowest BCUT2D eigenvalue weighted by Gasteiger charge is -2.34. The number of carboxylic acid groups (broad SMARTS) is 1. The van der Waals surface area contributed by atoms with Crippen molar-refractivity contribution in [1.29, 1.82) is 0 Å². The Morgan fingerprint density at radius 3 is 2.13 bits per heavy atom. The number of amides is 1. The summed E-state index contributed by atoms with van der Waals surface area (Å²) in [5.74, 6) is -1.23. The molecule has 0 spiro atoms. The largest absolute Gasteiger partial charge is 0.480 e. The molecule has 23 heavy (non-hydrogen) atoms. The van der Waals surface area contributed by atoms with Gasteiger partial charge in [-0.25, -0.2) is 4.79 Å².